The van der Waals surface area contributed by atoms with Crippen molar-refractivity contribution in [1.82, 2.24) is 0 Å². The minimum Gasteiger partial charge on any atom is -0.391 e. The minimum absolute atomic E-state index is 0.0639. The number of hydrogen-bond acceptors (Lipinski definition) is 2. The normalized spacial score (nSPS) is 15.9. The van der Waals surface area contributed by atoms with Crippen LogP contribution in [0, 0.1) is 17.6 Å². The number of halogens is 2. The second-order valence-electron chi connectivity index (χ2n) is 3.55. The van der Waals surface area contributed by atoms with Crippen LogP contribution in [0.5, 0.6) is 0 Å². The van der Waals surface area contributed by atoms with Gasteiger partial charge < -0.3 is 4.84 Å². The molecule has 0 atom stereocenters. The van der Waals surface area contributed by atoms with Gasteiger partial charge in [-0.2, -0.15) is 0 Å². The summed E-state index contributed by atoms with van der Waals surface area (Å²) >= 11 is 0. The number of hydrogen-bond donors (Lipinski definition) is 0. The molecule has 0 bridgehead atoms. The van der Waals surface area contributed by atoms with Gasteiger partial charge in [0, 0.05) is 12.0 Å². The Morgan fingerprint density at radius 2 is 1.93 bits per heavy atom. The van der Waals surface area contributed by atoms with Crippen molar-refractivity contribution in [3.63, 3.8) is 0 Å². The zero-order valence-electron chi connectivity index (χ0n) is 8.04. The first kappa shape index (κ1) is 10.1. The molecule has 79 valence electrons. The Morgan fingerprint density at radius 1 is 1.27 bits per heavy atom. The third kappa shape index (κ3) is 3.31. The fourth-order valence-electron chi connectivity index (χ4n) is 1.13. The van der Waals surface area contributed by atoms with E-state index < -0.39 is 11.6 Å². The summed E-state index contributed by atoms with van der Waals surface area (Å²) in [6, 6.07) is 3.26. The van der Waals surface area contributed by atoms with Crippen LogP contribution in [0.2, 0.25) is 0 Å². The number of nitrogens with zero attached hydrogens (tertiary/aromatic N) is 1. The van der Waals surface area contributed by atoms with Gasteiger partial charge >= 0.3 is 0 Å². The molecule has 1 aromatic carbocycles. The molecule has 0 N–H and O–H groups in total. The van der Waals surface area contributed by atoms with Crippen molar-refractivity contribution in [3.05, 3.63) is 35.4 Å². The van der Waals surface area contributed by atoms with E-state index in [4.69, 9.17) is 4.84 Å². The molecule has 1 aromatic rings. The maximum absolute atomic E-state index is 12.7. The van der Waals surface area contributed by atoms with Crippen molar-refractivity contribution < 1.29 is 13.6 Å². The van der Waals surface area contributed by atoms with E-state index in [1.54, 1.807) is 0 Å². The van der Waals surface area contributed by atoms with E-state index in [2.05, 4.69) is 11.4 Å². The first-order valence-electron chi connectivity index (χ1n) is 4.76. The number of benzene rings is 1. The van der Waals surface area contributed by atoms with Crippen LogP contribution in [0.25, 0.3) is 0 Å². The minimum atomic E-state index is -0.608. The monoisotopic (exact) mass is 210 g/mol. The molecule has 0 heterocycles. The third-order valence-electron chi connectivity index (χ3n) is 2.03. The largest absolute Gasteiger partial charge is 0.391 e. The predicted molar refractivity (Wildman–Crippen MR) is 51.3 cm³/mol. The first-order valence-corrected chi connectivity index (χ1v) is 4.76. The summed E-state index contributed by atoms with van der Waals surface area (Å²) in [5.74, 6) is -0.804. The summed E-state index contributed by atoms with van der Waals surface area (Å²) in [6.45, 7) is 0.0639. The Hall–Kier alpha value is -1.45. The van der Waals surface area contributed by atoms with E-state index in [1.165, 1.54) is 12.1 Å². The Bertz CT molecular complexity index is 355. The molecule has 0 spiro atoms. The molecule has 0 amide bonds. The van der Waals surface area contributed by atoms with Crippen molar-refractivity contribution in [2.24, 2.45) is 11.1 Å². The summed E-state index contributed by atoms with van der Waals surface area (Å²) in [6.07, 6.45) is 4.97. The van der Waals surface area contributed by atoms with Gasteiger partial charge in [0.15, 0.2) is 0 Å². The molecule has 0 unspecified atom stereocenters. The fraction of sp³-hybridized carbons (Fsp3) is 0.364. The van der Waals surface area contributed by atoms with Crippen LogP contribution < -0.4 is 0 Å². The number of rotatable bonds is 4. The zero-order valence-corrected chi connectivity index (χ0v) is 8.04. The van der Waals surface area contributed by atoms with Crippen molar-refractivity contribution in [3.8, 4) is 0 Å². The smallest absolute Gasteiger partial charge is 0.142 e. The van der Waals surface area contributed by atoms with Gasteiger partial charge in [-0.05, 0) is 30.5 Å². The van der Waals surface area contributed by atoms with Gasteiger partial charge in [-0.25, -0.2) is 8.78 Å². The summed E-state index contributed by atoms with van der Waals surface area (Å²) in [7, 11) is 0. The SMILES string of the molecule is Fc1cc(F)cc(CO/N=[C]\C2CC2)c1. The molecule has 2 rings (SSSR count). The van der Waals surface area contributed by atoms with Gasteiger partial charge in [0.05, 0.1) is 0 Å². The van der Waals surface area contributed by atoms with Gasteiger partial charge in [0.25, 0.3) is 0 Å². The van der Waals surface area contributed by atoms with Crippen LogP contribution in [0.15, 0.2) is 23.4 Å². The van der Waals surface area contributed by atoms with Crippen molar-refractivity contribution >= 4 is 6.21 Å². The van der Waals surface area contributed by atoms with Crippen LogP contribution in [0.3, 0.4) is 0 Å². The Morgan fingerprint density at radius 3 is 2.53 bits per heavy atom. The van der Waals surface area contributed by atoms with E-state index in [0.717, 1.165) is 18.9 Å². The van der Waals surface area contributed by atoms with E-state index >= 15 is 0 Å². The standard InChI is InChI=1S/C11H10F2NO/c12-10-3-9(4-11(13)5-10)7-15-14-6-8-1-2-8/h3-5,8H,1-2,7H2. The quantitative estimate of drug-likeness (QED) is 0.553. The summed E-state index contributed by atoms with van der Waals surface area (Å²) in [4.78, 5) is 4.86. The molecule has 0 aliphatic heterocycles. The lowest BCUT2D eigenvalue weighted by atomic mass is 10.2. The summed E-state index contributed by atoms with van der Waals surface area (Å²) in [5.41, 5.74) is 0.425. The highest BCUT2D eigenvalue weighted by Gasteiger charge is 2.19. The van der Waals surface area contributed by atoms with E-state index in [0.29, 0.717) is 11.5 Å². The Balaban J connectivity index is 1.86. The molecule has 1 aliphatic carbocycles. The fourth-order valence-corrected chi connectivity index (χ4v) is 1.13. The summed E-state index contributed by atoms with van der Waals surface area (Å²) in [5, 5.41) is 3.59. The molecule has 0 aromatic heterocycles. The highest BCUT2D eigenvalue weighted by Crippen LogP contribution is 2.26. The van der Waals surface area contributed by atoms with E-state index in [9.17, 15) is 8.78 Å². The maximum Gasteiger partial charge on any atom is 0.142 e. The molecule has 0 saturated heterocycles. The van der Waals surface area contributed by atoms with Crippen LogP contribution in [-0.4, -0.2) is 6.21 Å². The van der Waals surface area contributed by atoms with Gasteiger partial charge in [0.2, 0.25) is 0 Å². The molecule has 1 radical (unpaired) electrons. The first-order chi connectivity index (χ1) is 7.24. The second kappa shape index (κ2) is 4.38. The van der Waals surface area contributed by atoms with Crippen LogP contribution >= 0.6 is 0 Å². The highest BCUT2D eigenvalue weighted by molar-refractivity contribution is 5.62. The van der Waals surface area contributed by atoms with Gasteiger partial charge in [-0.1, -0.05) is 5.16 Å². The lowest BCUT2D eigenvalue weighted by Crippen LogP contribution is -1.91. The molecule has 1 aliphatic rings. The van der Waals surface area contributed by atoms with E-state index in [1.807, 2.05) is 0 Å². The average molecular weight is 210 g/mol. The predicted octanol–water partition coefficient (Wildman–Crippen LogP) is 2.75. The molecule has 1 saturated carbocycles. The van der Waals surface area contributed by atoms with E-state index in [-0.39, 0.29) is 6.61 Å². The topological polar surface area (TPSA) is 21.6 Å². The lowest BCUT2D eigenvalue weighted by Gasteiger charge is -2.00. The highest BCUT2D eigenvalue weighted by atomic mass is 19.1. The molecular formula is C11H10F2NO. The van der Waals surface area contributed by atoms with Crippen LogP contribution in [0.1, 0.15) is 18.4 Å². The van der Waals surface area contributed by atoms with Crippen molar-refractivity contribution in [1.29, 1.82) is 0 Å². The molecule has 4 heteroatoms. The van der Waals surface area contributed by atoms with Crippen LogP contribution in [0.4, 0.5) is 8.78 Å². The maximum atomic E-state index is 12.7. The van der Waals surface area contributed by atoms with Crippen LogP contribution in [-0.2, 0) is 11.4 Å². The Kier molecular flexibility index (Phi) is 2.94. The molecule has 1 fully saturated rings. The lowest BCUT2D eigenvalue weighted by molar-refractivity contribution is 0.131. The summed E-state index contributed by atoms with van der Waals surface area (Å²) < 4.78 is 25.5. The average Bonchev–Trinajstić information content (AvgIpc) is 2.94. The van der Waals surface area contributed by atoms with Gasteiger partial charge in [0.1, 0.15) is 24.5 Å². The molecule has 2 nitrogen and oxygen atoms in total. The third-order valence-corrected chi connectivity index (χ3v) is 2.03. The van der Waals surface area contributed by atoms with Crippen molar-refractivity contribution in [2.45, 2.75) is 19.4 Å². The Labute approximate surface area is 86.5 Å². The molecule has 15 heavy (non-hydrogen) atoms. The van der Waals surface area contributed by atoms with Crippen molar-refractivity contribution in [2.75, 3.05) is 0 Å². The molecular weight excluding hydrogens is 200 g/mol. The van der Waals surface area contributed by atoms with Gasteiger partial charge in [-0.3, -0.25) is 0 Å². The van der Waals surface area contributed by atoms with Gasteiger partial charge in [-0.15, -0.1) is 0 Å². The zero-order chi connectivity index (χ0) is 10.7. The second-order valence-corrected chi connectivity index (χ2v) is 3.55.